The predicted molar refractivity (Wildman–Crippen MR) is 109 cm³/mol. The van der Waals surface area contributed by atoms with Gasteiger partial charge in [0, 0.05) is 18.0 Å². The van der Waals surface area contributed by atoms with Crippen molar-refractivity contribution in [1.82, 2.24) is 10.3 Å². The maximum absolute atomic E-state index is 12.3. The number of aryl methyl sites for hydroxylation is 1. The lowest BCUT2D eigenvalue weighted by molar-refractivity contribution is 0.0954. The van der Waals surface area contributed by atoms with Gasteiger partial charge in [-0.25, -0.2) is 5.43 Å². The Morgan fingerprint density at radius 3 is 2.38 bits per heavy atom. The molecule has 0 aromatic heterocycles. The van der Waals surface area contributed by atoms with Crippen LogP contribution < -0.4 is 5.43 Å². The van der Waals surface area contributed by atoms with Crippen molar-refractivity contribution in [3.8, 4) is 0 Å². The summed E-state index contributed by atoms with van der Waals surface area (Å²) in [4.78, 5) is 14.4. The number of carbonyl (C=O) groups is 1. The van der Waals surface area contributed by atoms with Gasteiger partial charge in [-0.1, -0.05) is 61.0 Å². The topological polar surface area (TPSA) is 44.7 Å². The zero-order valence-electron chi connectivity index (χ0n) is 15.9. The average Bonchev–Trinajstić information content (AvgIpc) is 2.63. The molecule has 0 aliphatic heterocycles. The third-order valence-electron chi connectivity index (χ3n) is 3.99. The molecule has 1 N–H and O–H groups in total. The summed E-state index contributed by atoms with van der Waals surface area (Å²) in [6.45, 7) is 5.02. The van der Waals surface area contributed by atoms with Crippen molar-refractivity contribution in [2.24, 2.45) is 11.0 Å². The Hall–Kier alpha value is -2.72. The zero-order valence-corrected chi connectivity index (χ0v) is 15.9. The number of benzene rings is 2. The number of rotatable bonds is 7. The van der Waals surface area contributed by atoms with Crippen LogP contribution in [0.5, 0.6) is 0 Å². The molecule has 0 saturated carbocycles. The Kier molecular flexibility index (Phi) is 7.30. The van der Waals surface area contributed by atoms with Crippen molar-refractivity contribution in [1.29, 1.82) is 0 Å². The van der Waals surface area contributed by atoms with E-state index in [4.69, 9.17) is 0 Å². The fourth-order valence-electron chi connectivity index (χ4n) is 2.58. The van der Waals surface area contributed by atoms with Gasteiger partial charge in [-0.15, -0.1) is 0 Å². The molecular weight excluding hydrogens is 322 g/mol. The second-order valence-electron chi connectivity index (χ2n) is 6.75. The lowest BCUT2D eigenvalue weighted by atomic mass is 10.0. The van der Waals surface area contributed by atoms with Gasteiger partial charge >= 0.3 is 0 Å². The van der Waals surface area contributed by atoms with Crippen LogP contribution in [0, 0.1) is 12.8 Å². The van der Waals surface area contributed by atoms with E-state index in [0.717, 1.165) is 17.8 Å². The minimum atomic E-state index is -0.205. The average molecular weight is 349 g/mol. The van der Waals surface area contributed by atoms with Gasteiger partial charge in [-0.3, -0.25) is 4.79 Å². The van der Waals surface area contributed by atoms with Crippen molar-refractivity contribution in [3.05, 3.63) is 77.4 Å². The highest BCUT2D eigenvalue weighted by molar-refractivity contribution is 6.01. The molecule has 4 nitrogen and oxygen atoms in total. The molecular formula is C22H27N3O. The van der Waals surface area contributed by atoms with Crippen molar-refractivity contribution in [2.75, 3.05) is 20.6 Å². The van der Waals surface area contributed by atoms with Gasteiger partial charge in [0.15, 0.2) is 0 Å². The number of nitrogens with zero attached hydrogens (tertiary/aromatic N) is 2. The summed E-state index contributed by atoms with van der Waals surface area (Å²) in [6, 6.07) is 17.4. The largest absolute Gasteiger partial charge is 0.309 e. The first-order valence-electron chi connectivity index (χ1n) is 8.78. The van der Waals surface area contributed by atoms with E-state index in [0.29, 0.717) is 5.56 Å². The highest BCUT2D eigenvalue weighted by Crippen LogP contribution is 2.08. The fourth-order valence-corrected chi connectivity index (χ4v) is 2.58. The molecule has 0 bridgehead atoms. The molecule has 2 aromatic rings. The summed E-state index contributed by atoms with van der Waals surface area (Å²) in [5.74, 6) is -0.0216. The van der Waals surface area contributed by atoms with Gasteiger partial charge in [-0.2, -0.15) is 5.10 Å². The summed E-state index contributed by atoms with van der Waals surface area (Å²) >= 11 is 0. The number of hydrogen-bond donors (Lipinski definition) is 1. The molecule has 136 valence electrons. The van der Waals surface area contributed by atoms with Crippen LogP contribution in [0.3, 0.4) is 0 Å². The van der Waals surface area contributed by atoms with Gasteiger partial charge in [0.2, 0.25) is 0 Å². The van der Waals surface area contributed by atoms with Crippen LogP contribution in [0.15, 0.2) is 65.8 Å². The molecule has 1 atom stereocenters. The van der Waals surface area contributed by atoms with E-state index in [1.165, 1.54) is 5.56 Å². The molecule has 2 aromatic carbocycles. The molecule has 0 radical (unpaired) electrons. The van der Waals surface area contributed by atoms with Crippen LogP contribution in [0.1, 0.15) is 28.4 Å². The molecule has 0 spiro atoms. The van der Waals surface area contributed by atoms with E-state index in [1.54, 1.807) is 12.1 Å². The third kappa shape index (κ3) is 6.30. The number of nitrogens with one attached hydrogen (secondary N) is 1. The van der Waals surface area contributed by atoms with Crippen molar-refractivity contribution in [3.63, 3.8) is 0 Å². The predicted octanol–water partition coefficient (Wildman–Crippen LogP) is 3.99. The summed E-state index contributed by atoms with van der Waals surface area (Å²) in [5, 5.41) is 4.39. The Balaban J connectivity index is 2.16. The maximum atomic E-state index is 12.3. The van der Waals surface area contributed by atoms with E-state index in [2.05, 4.69) is 53.5 Å². The first-order chi connectivity index (χ1) is 12.5. The molecule has 0 fully saturated rings. The minimum absolute atomic E-state index is 0.183. The summed E-state index contributed by atoms with van der Waals surface area (Å²) < 4.78 is 0. The van der Waals surface area contributed by atoms with Crippen LogP contribution in [-0.4, -0.2) is 37.2 Å². The molecule has 0 aliphatic carbocycles. The summed E-state index contributed by atoms with van der Waals surface area (Å²) in [7, 11) is 4.06. The second kappa shape index (κ2) is 9.68. The highest BCUT2D eigenvalue weighted by atomic mass is 16.2. The van der Waals surface area contributed by atoms with Crippen LogP contribution >= 0.6 is 0 Å². The van der Waals surface area contributed by atoms with E-state index >= 15 is 0 Å². The van der Waals surface area contributed by atoms with Crippen molar-refractivity contribution < 1.29 is 4.79 Å². The monoisotopic (exact) mass is 349 g/mol. The lowest BCUT2D eigenvalue weighted by Crippen LogP contribution is -2.27. The van der Waals surface area contributed by atoms with Gasteiger partial charge in [0.05, 0.1) is 5.71 Å². The molecule has 0 saturated heterocycles. The number of hydrogen-bond acceptors (Lipinski definition) is 3. The standard InChI is InChI=1S/C22H27N3O/c1-17-10-12-19(13-11-17)14-15-21(18(2)16-25(3)4)23-24-22(26)20-8-6-5-7-9-20/h5-15,18H,16H2,1-4H3,(H,24,26)/b15-14+,23-21+/t18-/m0/s1. The van der Waals surface area contributed by atoms with Crippen LogP contribution in [0.25, 0.3) is 6.08 Å². The Bertz CT molecular complexity index is 762. The highest BCUT2D eigenvalue weighted by Gasteiger charge is 2.11. The molecule has 0 aliphatic rings. The Morgan fingerprint density at radius 2 is 1.77 bits per heavy atom. The number of allylic oxidation sites excluding steroid dienone is 1. The lowest BCUT2D eigenvalue weighted by Gasteiger charge is -2.17. The molecule has 26 heavy (non-hydrogen) atoms. The molecule has 1 amide bonds. The Morgan fingerprint density at radius 1 is 1.12 bits per heavy atom. The molecule has 0 unspecified atom stereocenters. The minimum Gasteiger partial charge on any atom is -0.309 e. The van der Waals surface area contributed by atoms with E-state index in [1.807, 2.05) is 44.4 Å². The van der Waals surface area contributed by atoms with E-state index in [-0.39, 0.29) is 11.8 Å². The van der Waals surface area contributed by atoms with Gasteiger partial charge in [0.25, 0.3) is 5.91 Å². The molecule has 4 heteroatoms. The quantitative estimate of drug-likeness (QED) is 0.607. The third-order valence-corrected chi connectivity index (χ3v) is 3.99. The molecule has 2 rings (SSSR count). The normalized spacial score (nSPS) is 13.2. The van der Waals surface area contributed by atoms with Crippen molar-refractivity contribution >= 4 is 17.7 Å². The second-order valence-corrected chi connectivity index (χ2v) is 6.75. The first-order valence-corrected chi connectivity index (χ1v) is 8.78. The van der Waals surface area contributed by atoms with Gasteiger partial charge in [0.1, 0.15) is 0 Å². The van der Waals surface area contributed by atoms with Gasteiger partial charge in [-0.05, 0) is 44.8 Å². The van der Waals surface area contributed by atoms with Gasteiger partial charge < -0.3 is 4.90 Å². The van der Waals surface area contributed by atoms with Crippen LogP contribution in [-0.2, 0) is 0 Å². The maximum Gasteiger partial charge on any atom is 0.271 e. The zero-order chi connectivity index (χ0) is 18.9. The van der Waals surface area contributed by atoms with Crippen LogP contribution in [0.4, 0.5) is 0 Å². The molecule has 0 heterocycles. The number of carbonyl (C=O) groups excluding carboxylic acids is 1. The first kappa shape index (κ1) is 19.6. The number of amides is 1. The fraction of sp³-hybridized carbons (Fsp3) is 0.273. The summed E-state index contributed by atoms with van der Waals surface area (Å²) in [5.41, 5.74) is 6.45. The summed E-state index contributed by atoms with van der Waals surface area (Å²) in [6.07, 6.45) is 4.00. The smallest absolute Gasteiger partial charge is 0.271 e. The SMILES string of the molecule is Cc1ccc(/C=C/C(=N\NC(=O)c2ccccc2)[C@@H](C)CN(C)C)cc1. The van der Waals surface area contributed by atoms with E-state index < -0.39 is 0 Å². The van der Waals surface area contributed by atoms with Crippen LogP contribution in [0.2, 0.25) is 0 Å². The Labute approximate surface area is 156 Å². The van der Waals surface area contributed by atoms with Crippen molar-refractivity contribution in [2.45, 2.75) is 13.8 Å². The van der Waals surface area contributed by atoms with E-state index in [9.17, 15) is 4.79 Å². The number of hydrazone groups is 1.